The van der Waals surface area contributed by atoms with Crippen molar-refractivity contribution in [2.24, 2.45) is 11.8 Å². The number of hydrogen-bond donors (Lipinski definition) is 1. The van der Waals surface area contributed by atoms with Crippen LogP contribution < -0.4 is 0 Å². The van der Waals surface area contributed by atoms with Gasteiger partial charge in [0.25, 0.3) is 0 Å². The largest absolute Gasteiger partial charge is 0.388 e. The predicted octanol–water partition coefficient (Wildman–Crippen LogP) is 2.58. The summed E-state index contributed by atoms with van der Waals surface area (Å²) < 4.78 is 0. The fourth-order valence-electron chi connectivity index (χ4n) is 4.38. The van der Waals surface area contributed by atoms with Gasteiger partial charge in [0.2, 0.25) is 0 Å². The molecule has 0 aromatic carbocycles. The number of rotatable bonds is 0. The lowest BCUT2D eigenvalue weighted by Gasteiger charge is -2.55. The van der Waals surface area contributed by atoms with E-state index >= 15 is 0 Å². The van der Waals surface area contributed by atoms with E-state index in [2.05, 4.69) is 24.8 Å². The molecule has 0 aromatic heterocycles. The van der Waals surface area contributed by atoms with Gasteiger partial charge in [-0.25, -0.2) is 0 Å². The predicted molar refractivity (Wildman–Crippen MR) is 69.8 cm³/mol. The maximum absolute atomic E-state index is 11.0. The molecule has 0 spiro atoms. The second kappa shape index (κ2) is 4.10. The second-order valence-corrected chi connectivity index (χ2v) is 6.58. The maximum Gasteiger partial charge on any atom is 0.0840 e. The van der Waals surface area contributed by atoms with Gasteiger partial charge in [0, 0.05) is 13.1 Å². The van der Waals surface area contributed by atoms with E-state index in [0.717, 1.165) is 12.5 Å². The van der Waals surface area contributed by atoms with Crippen LogP contribution in [0.5, 0.6) is 0 Å². The Balaban J connectivity index is 1.91. The van der Waals surface area contributed by atoms with E-state index in [1.807, 2.05) is 0 Å². The van der Waals surface area contributed by atoms with Crippen LogP contribution in [0.25, 0.3) is 0 Å². The van der Waals surface area contributed by atoms with Gasteiger partial charge in [-0.2, -0.15) is 0 Å². The molecule has 0 unspecified atom stereocenters. The van der Waals surface area contributed by atoms with Gasteiger partial charge in [-0.3, -0.25) is 4.90 Å². The van der Waals surface area contributed by atoms with Crippen molar-refractivity contribution in [1.82, 2.24) is 4.90 Å². The van der Waals surface area contributed by atoms with Gasteiger partial charge >= 0.3 is 0 Å². The van der Waals surface area contributed by atoms with Gasteiger partial charge in [0.1, 0.15) is 0 Å². The van der Waals surface area contributed by atoms with Crippen molar-refractivity contribution in [3.63, 3.8) is 0 Å². The lowest BCUT2D eigenvalue weighted by molar-refractivity contribution is -0.132. The quantitative estimate of drug-likeness (QED) is 0.652. The highest BCUT2D eigenvalue weighted by Crippen LogP contribution is 2.45. The van der Waals surface area contributed by atoms with Crippen LogP contribution in [-0.4, -0.2) is 34.7 Å². The van der Waals surface area contributed by atoms with Gasteiger partial charge < -0.3 is 5.11 Å². The van der Waals surface area contributed by atoms with Crippen molar-refractivity contribution in [3.8, 4) is 0 Å². The Morgan fingerprint density at radius 3 is 2.94 bits per heavy atom. The maximum atomic E-state index is 11.0. The van der Waals surface area contributed by atoms with Crippen molar-refractivity contribution in [2.45, 2.75) is 57.6 Å². The third kappa shape index (κ3) is 1.86. The minimum atomic E-state index is -0.509. The topological polar surface area (TPSA) is 23.5 Å². The van der Waals surface area contributed by atoms with Crippen LogP contribution in [0, 0.1) is 11.8 Å². The molecule has 0 radical (unpaired) electrons. The van der Waals surface area contributed by atoms with Crippen LogP contribution in [0.1, 0.15) is 46.0 Å². The zero-order valence-corrected chi connectivity index (χ0v) is 11.2. The van der Waals surface area contributed by atoms with Crippen molar-refractivity contribution in [1.29, 1.82) is 0 Å². The zero-order chi connectivity index (χ0) is 12.0. The summed E-state index contributed by atoms with van der Waals surface area (Å²) in [6.45, 7) is 6.66. The number of fused-ring (bicyclic) bond motifs is 2. The normalized spacial score (nSPS) is 47.0. The Labute approximate surface area is 105 Å². The summed E-state index contributed by atoms with van der Waals surface area (Å²) in [7, 11) is 0. The molecule has 96 valence electrons. The number of piperidine rings is 1. The average molecular weight is 235 g/mol. The molecule has 3 rings (SSSR count). The van der Waals surface area contributed by atoms with Crippen LogP contribution in [0.15, 0.2) is 11.6 Å². The van der Waals surface area contributed by atoms with Gasteiger partial charge in [-0.1, -0.05) is 24.5 Å². The monoisotopic (exact) mass is 235 g/mol. The Kier molecular flexibility index (Phi) is 2.83. The lowest BCUT2D eigenvalue weighted by Crippen LogP contribution is -2.64. The summed E-state index contributed by atoms with van der Waals surface area (Å²) in [5.74, 6) is 1.27. The fourth-order valence-corrected chi connectivity index (χ4v) is 4.38. The lowest BCUT2D eigenvalue weighted by atomic mass is 9.64. The molecule has 1 saturated heterocycles. The minimum Gasteiger partial charge on any atom is -0.388 e. The number of aliphatic hydroxyl groups is 1. The van der Waals surface area contributed by atoms with Crippen LogP contribution in [0.3, 0.4) is 0 Å². The number of nitrogens with zero attached hydrogens (tertiary/aromatic N) is 1. The highest BCUT2D eigenvalue weighted by molar-refractivity contribution is 5.18. The molecule has 2 fully saturated rings. The molecular formula is C15H25NO. The van der Waals surface area contributed by atoms with Crippen molar-refractivity contribution in [2.75, 3.05) is 13.1 Å². The molecule has 1 N–H and O–H groups in total. The molecule has 1 aliphatic carbocycles. The van der Waals surface area contributed by atoms with Crippen LogP contribution >= 0.6 is 0 Å². The van der Waals surface area contributed by atoms with E-state index in [9.17, 15) is 5.11 Å². The Morgan fingerprint density at radius 1 is 1.35 bits per heavy atom. The van der Waals surface area contributed by atoms with Gasteiger partial charge in [-0.05, 0) is 44.9 Å². The van der Waals surface area contributed by atoms with Gasteiger partial charge in [0.15, 0.2) is 0 Å². The summed E-state index contributed by atoms with van der Waals surface area (Å²) in [4.78, 5) is 2.53. The Bertz CT molecular complexity index is 334. The molecule has 2 heterocycles. The first-order chi connectivity index (χ1) is 8.09. The van der Waals surface area contributed by atoms with Gasteiger partial charge in [0.05, 0.1) is 11.6 Å². The van der Waals surface area contributed by atoms with Crippen LogP contribution in [0.2, 0.25) is 0 Å². The molecule has 0 aromatic rings. The third-order valence-corrected chi connectivity index (χ3v) is 5.36. The molecule has 3 aliphatic rings. The molecule has 0 amide bonds. The first-order valence-electron chi connectivity index (χ1n) is 7.23. The molecule has 17 heavy (non-hydrogen) atoms. The van der Waals surface area contributed by atoms with E-state index < -0.39 is 5.60 Å². The van der Waals surface area contributed by atoms with E-state index in [1.165, 1.54) is 44.2 Å². The van der Waals surface area contributed by atoms with E-state index in [-0.39, 0.29) is 6.04 Å². The smallest absolute Gasteiger partial charge is 0.0840 e. The zero-order valence-electron chi connectivity index (χ0n) is 11.2. The molecule has 2 aliphatic heterocycles. The molecule has 4 atom stereocenters. The molecular weight excluding hydrogens is 210 g/mol. The van der Waals surface area contributed by atoms with Crippen molar-refractivity contribution in [3.05, 3.63) is 11.6 Å². The van der Waals surface area contributed by atoms with Gasteiger partial charge in [-0.15, -0.1) is 0 Å². The fraction of sp³-hybridized carbons (Fsp3) is 0.867. The first kappa shape index (κ1) is 11.7. The standard InChI is InChI=1S/C15H25NO/c1-11-7-8-16-10-12-5-3-4-6-13(12)15(2,17)14(16)9-11/h9,12-14,17H,3-8,10H2,1-2H3/t12-,13+,14+,15-/m1/s1. The van der Waals surface area contributed by atoms with Crippen molar-refractivity contribution >= 4 is 0 Å². The van der Waals surface area contributed by atoms with E-state index in [0.29, 0.717) is 5.92 Å². The Hall–Kier alpha value is -0.340. The summed E-state index contributed by atoms with van der Waals surface area (Å²) >= 11 is 0. The summed E-state index contributed by atoms with van der Waals surface area (Å²) in [5.41, 5.74) is 0.950. The van der Waals surface area contributed by atoms with Crippen LogP contribution in [0.4, 0.5) is 0 Å². The highest BCUT2D eigenvalue weighted by atomic mass is 16.3. The van der Waals surface area contributed by atoms with E-state index in [4.69, 9.17) is 0 Å². The van der Waals surface area contributed by atoms with E-state index in [1.54, 1.807) is 0 Å². The van der Waals surface area contributed by atoms with Crippen molar-refractivity contribution < 1.29 is 5.11 Å². The second-order valence-electron chi connectivity index (χ2n) is 6.58. The molecule has 2 heteroatoms. The first-order valence-corrected chi connectivity index (χ1v) is 7.23. The Morgan fingerprint density at radius 2 is 2.12 bits per heavy atom. The summed E-state index contributed by atoms with van der Waals surface area (Å²) in [6.07, 6.45) is 8.75. The minimum absolute atomic E-state index is 0.274. The molecule has 2 nitrogen and oxygen atoms in total. The highest BCUT2D eigenvalue weighted by Gasteiger charge is 2.50. The summed E-state index contributed by atoms with van der Waals surface area (Å²) in [6, 6.07) is 0.274. The third-order valence-electron chi connectivity index (χ3n) is 5.36. The average Bonchev–Trinajstić information content (AvgIpc) is 2.31. The summed E-state index contributed by atoms with van der Waals surface area (Å²) in [5, 5.41) is 11.0. The molecule has 1 saturated carbocycles. The number of hydrogen-bond acceptors (Lipinski definition) is 2. The van der Waals surface area contributed by atoms with Crippen LogP contribution in [-0.2, 0) is 0 Å². The SMILES string of the molecule is CC1=C[C@@H]2N(CC1)C[C@H]1CCCC[C@@H]1[C@@]2(C)O. The molecule has 0 bridgehead atoms.